The third-order valence-electron chi connectivity index (χ3n) is 1.41. The Morgan fingerprint density at radius 3 is 2.57 bits per heavy atom. The summed E-state index contributed by atoms with van der Waals surface area (Å²) in [5.74, 6) is -0.649. The van der Waals surface area contributed by atoms with Crippen molar-refractivity contribution in [1.29, 1.82) is 0 Å². The molecule has 0 unspecified atom stereocenters. The van der Waals surface area contributed by atoms with Gasteiger partial charge in [0.15, 0.2) is 10.4 Å². The van der Waals surface area contributed by atoms with Gasteiger partial charge in [-0.15, -0.1) is 0 Å². The molecule has 8 heteroatoms. The van der Waals surface area contributed by atoms with E-state index >= 15 is 0 Å². The van der Waals surface area contributed by atoms with Gasteiger partial charge in [-0.3, -0.25) is 4.79 Å². The predicted molar refractivity (Wildman–Crippen MR) is 51.2 cm³/mol. The van der Waals surface area contributed by atoms with Crippen LogP contribution in [-0.4, -0.2) is 21.4 Å². The van der Waals surface area contributed by atoms with Gasteiger partial charge in [0.05, 0.1) is 0 Å². The maximum atomic E-state index is 11.0. The Labute approximate surface area is 88.6 Å². The molecule has 0 saturated heterocycles. The molecule has 3 N–H and O–H groups in total. The van der Waals surface area contributed by atoms with Crippen molar-refractivity contribution in [3.63, 3.8) is 0 Å². The minimum Gasteiger partial charge on any atom is -0.443 e. The summed E-state index contributed by atoms with van der Waals surface area (Å²) in [6.07, 6.45) is 0. The predicted octanol–water partition coefficient (Wildman–Crippen LogP) is 0.0491. The molecule has 78 valence electrons. The van der Waals surface area contributed by atoms with Crippen molar-refractivity contribution in [3.8, 4) is 0 Å². The highest BCUT2D eigenvalue weighted by molar-refractivity contribution is 9.10. The van der Waals surface area contributed by atoms with Gasteiger partial charge < -0.3 is 9.73 Å². The first-order valence-corrected chi connectivity index (χ1v) is 5.74. The highest BCUT2D eigenvalue weighted by Gasteiger charge is 2.21. The Morgan fingerprint density at radius 1 is 1.64 bits per heavy atom. The van der Waals surface area contributed by atoms with Gasteiger partial charge in [0.25, 0.3) is 5.91 Å². The van der Waals surface area contributed by atoms with Gasteiger partial charge >= 0.3 is 0 Å². The van der Waals surface area contributed by atoms with Crippen LogP contribution in [0.1, 0.15) is 10.6 Å². The molecule has 0 aromatic carbocycles. The maximum absolute atomic E-state index is 11.0. The minimum absolute atomic E-state index is 0.0846. The molecule has 0 fully saturated rings. The second kappa shape index (κ2) is 3.71. The number of hydrogen-bond donors (Lipinski definition) is 2. The van der Waals surface area contributed by atoms with Gasteiger partial charge in [0, 0.05) is 13.1 Å². The highest BCUT2D eigenvalue weighted by atomic mass is 79.9. The Morgan fingerprint density at radius 2 is 2.21 bits per heavy atom. The Bertz CT molecular complexity index is 464. The van der Waals surface area contributed by atoms with E-state index in [1.54, 1.807) is 0 Å². The number of furan rings is 1. The van der Waals surface area contributed by atoms with Crippen molar-refractivity contribution in [2.75, 3.05) is 7.05 Å². The molecule has 1 aromatic rings. The second-order valence-corrected chi connectivity index (χ2v) is 4.62. The van der Waals surface area contributed by atoms with Crippen LogP contribution in [0.15, 0.2) is 20.0 Å². The first-order valence-electron chi connectivity index (χ1n) is 3.40. The van der Waals surface area contributed by atoms with E-state index in [4.69, 9.17) is 9.56 Å². The molecule has 0 aliphatic rings. The van der Waals surface area contributed by atoms with Crippen molar-refractivity contribution >= 4 is 31.9 Å². The lowest BCUT2D eigenvalue weighted by Gasteiger charge is -1.90. The molecule has 1 amide bonds. The molecule has 6 nitrogen and oxygen atoms in total. The zero-order valence-electron chi connectivity index (χ0n) is 7.07. The summed E-state index contributed by atoms with van der Waals surface area (Å²) >= 11 is 2.84. The summed E-state index contributed by atoms with van der Waals surface area (Å²) in [4.78, 5) is 10.8. The van der Waals surface area contributed by atoms with E-state index in [-0.39, 0.29) is 15.3 Å². The SMILES string of the molecule is CNC(=O)c1cc(S(N)(=O)=O)c(Br)o1. The van der Waals surface area contributed by atoms with Crippen LogP contribution in [0.5, 0.6) is 0 Å². The number of hydrogen-bond acceptors (Lipinski definition) is 4. The molecule has 1 rings (SSSR count). The number of nitrogens with one attached hydrogen (secondary N) is 1. The molecule has 14 heavy (non-hydrogen) atoms. The molecule has 0 atom stereocenters. The number of sulfonamides is 1. The van der Waals surface area contributed by atoms with Gasteiger partial charge in [0.1, 0.15) is 4.90 Å². The molecular weight excluding hydrogens is 276 g/mol. The van der Waals surface area contributed by atoms with Crippen molar-refractivity contribution in [2.24, 2.45) is 5.14 Å². The molecule has 0 aliphatic carbocycles. The summed E-state index contributed by atoms with van der Waals surface area (Å²) in [5.41, 5.74) is 0. The van der Waals surface area contributed by atoms with Crippen LogP contribution in [0.25, 0.3) is 0 Å². The fourth-order valence-corrected chi connectivity index (χ4v) is 2.28. The third-order valence-corrected chi connectivity index (χ3v) is 3.18. The van der Waals surface area contributed by atoms with Crippen molar-refractivity contribution in [1.82, 2.24) is 5.32 Å². The zero-order valence-corrected chi connectivity index (χ0v) is 9.48. The number of halogens is 1. The standard InChI is InChI=1S/C6H7BrN2O4S/c1-9-6(10)3-2-4(5(7)13-3)14(8,11)12/h2H,1H3,(H,9,10)(H2,8,11,12). The number of carbonyl (C=O) groups is 1. The summed E-state index contributed by atoms with van der Waals surface area (Å²) in [5, 5.41) is 7.15. The number of primary sulfonamides is 1. The largest absolute Gasteiger partial charge is 0.443 e. The smallest absolute Gasteiger partial charge is 0.286 e. The van der Waals surface area contributed by atoms with Crippen LogP contribution in [-0.2, 0) is 10.0 Å². The van der Waals surface area contributed by atoms with E-state index in [1.165, 1.54) is 7.05 Å². The van der Waals surface area contributed by atoms with Gasteiger partial charge in [-0.1, -0.05) is 0 Å². The van der Waals surface area contributed by atoms with Crippen LogP contribution < -0.4 is 10.5 Å². The Hall–Kier alpha value is -0.860. The van der Waals surface area contributed by atoms with E-state index in [1.807, 2.05) is 0 Å². The Balaban J connectivity index is 3.25. The summed E-state index contributed by atoms with van der Waals surface area (Å²) in [6, 6.07) is 1.05. The fraction of sp³-hybridized carbons (Fsp3) is 0.167. The zero-order chi connectivity index (χ0) is 10.9. The number of carbonyl (C=O) groups excluding carboxylic acids is 1. The van der Waals surface area contributed by atoms with Gasteiger partial charge in [0.2, 0.25) is 10.0 Å². The lowest BCUT2D eigenvalue weighted by molar-refractivity contribution is 0.0934. The molecular formula is C6H7BrN2O4S. The van der Waals surface area contributed by atoms with E-state index in [9.17, 15) is 13.2 Å². The molecule has 0 radical (unpaired) electrons. The topological polar surface area (TPSA) is 102 Å². The summed E-state index contributed by atoms with van der Waals surface area (Å²) in [7, 11) is -2.48. The first-order chi connectivity index (χ1) is 6.36. The van der Waals surface area contributed by atoms with E-state index in [0.29, 0.717) is 0 Å². The molecule has 0 aliphatic heterocycles. The number of amides is 1. The summed E-state index contributed by atoms with van der Waals surface area (Å²) in [6.45, 7) is 0. The molecule has 0 saturated carbocycles. The monoisotopic (exact) mass is 282 g/mol. The fourth-order valence-electron chi connectivity index (χ4n) is 0.781. The second-order valence-electron chi connectivity index (χ2n) is 2.37. The lowest BCUT2D eigenvalue weighted by atomic mass is 10.4. The van der Waals surface area contributed by atoms with Crippen LogP contribution in [0.3, 0.4) is 0 Å². The van der Waals surface area contributed by atoms with Crippen LogP contribution >= 0.6 is 15.9 Å². The third kappa shape index (κ3) is 2.14. The molecule has 1 aromatic heterocycles. The minimum atomic E-state index is -3.88. The quantitative estimate of drug-likeness (QED) is 0.800. The van der Waals surface area contributed by atoms with E-state index < -0.39 is 15.9 Å². The van der Waals surface area contributed by atoms with Crippen molar-refractivity contribution in [3.05, 3.63) is 16.5 Å². The first kappa shape index (κ1) is 11.2. The number of rotatable bonds is 2. The van der Waals surface area contributed by atoms with Crippen molar-refractivity contribution in [2.45, 2.75) is 4.90 Å². The normalized spacial score (nSPS) is 11.4. The van der Waals surface area contributed by atoms with Gasteiger partial charge in [-0.25, -0.2) is 13.6 Å². The molecule has 1 heterocycles. The average molecular weight is 283 g/mol. The summed E-state index contributed by atoms with van der Waals surface area (Å²) < 4.78 is 26.6. The van der Waals surface area contributed by atoms with Crippen LogP contribution in [0, 0.1) is 0 Å². The van der Waals surface area contributed by atoms with Crippen LogP contribution in [0.4, 0.5) is 0 Å². The maximum Gasteiger partial charge on any atom is 0.286 e. The highest BCUT2D eigenvalue weighted by Crippen LogP contribution is 2.24. The number of nitrogens with two attached hydrogens (primary N) is 1. The van der Waals surface area contributed by atoms with E-state index in [0.717, 1.165) is 6.07 Å². The van der Waals surface area contributed by atoms with Crippen molar-refractivity contribution < 1.29 is 17.6 Å². The lowest BCUT2D eigenvalue weighted by Crippen LogP contribution is -2.17. The Kier molecular flexibility index (Phi) is 2.98. The molecule has 0 bridgehead atoms. The van der Waals surface area contributed by atoms with Crippen LogP contribution in [0.2, 0.25) is 0 Å². The molecule has 0 spiro atoms. The van der Waals surface area contributed by atoms with E-state index in [2.05, 4.69) is 21.2 Å². The average Bonchev–Trinajstić information content (AvgIpc) is 2.45. The van der Waals surface area contributed by atoms with Gasteiger partial charge in [-0.05, 0) is 15.9 Å². The van der Waals surface area contributed by atoms with Gasteiger partial charge in [-0.2, -0.15) is 0 Å².